The van der Waals surface area contributed by atoms with Crippen molar-refractivity contribution in [2.75, 3.05) is 11.1 Å². The predicted molar refractivity (Wildman–Crippen MR) is 122 cm³/mol. The Kier molecular flexibility index (Phi) is 5.79. The molecule has 4 amide bonds. The Labute approximate surface area is 187 Å². The molecule has 1 fully saturated rings. The SMILES string of the molecule is Cc1nc(-c2cccc(NC(=O)c3ccccc3SCC3(C)NC(=O)NC3=O)c2)cs1. The normalized spacial score (nSPS) is 17.9. The van der Waals surface area contributed by atoms with Gasteiger partial charge in [0.05, 0.1) is 16.3 Å². The maximum absolute atomic E-state index is 13.0. The highest BCUT2D eigenvalue weighted by Crippen LogP contribution is 2.29. The molecule has 9 heteroatoms. The van der Waals surface area contributed by atoms with Gasteiger partial charge in [0.25, 0.3) is 11.8 Å². The van der Waals surface area contributed by atoms with Crippen molar-refractivity contribution >= 4 is 46.6 Å². The maximum Gasteiger partial charge on any atom is 0.322 e. The number of benzene rings is 2. The summed E-state index contributed by atoms with van der Waals surface area (Å²) in [5.74, 6) is -0.325. The molecule has 0 saturated carbocycles. The molecular weight excluding hydrogens is 432 g/mol. The second kappa shape index (κ2) is 8.52. The first-order valence-electron chi connectivity index (χ1n) is 9.53. The van der Waals surface area contributed by atoms with Crippen LogP contribution in [0.15, 0.2) is 58.8 Å². The van der Waals surface area contributed by atoms with E-state index in [1.165, 1.54) is 11.8 Å². The molecule has 3 N–H and O–H groups in total. The van der Waals surface area contributed by atoms with Gasteiger partial charge in [-0.15, -0.1) is 23.1 Å². The van der Waals surface area contributed by atoms with Crippen LogP contribution in [0, 0.1) is 6.92 Å². The molecule has 0 radical (unpaired) electrons. The summed E-state index contributed by atoms with van der Waals surface area (Å²) in [6, 6.07) is 14.2. The third-order valence-corrected chi connectivity index (χ3v) is 6.96. The van der Waals surface area contributed by atoms with Gasteiger partial charge in [-0.1, -0.05) is 24.3 Å². The second-order valence-corrected chi connectivity index (χ2v) is 9.39. The topological polar surface area (TPSA) is 100 Å². The number of anilines is 1. The number of aryl methyl sites for hydroxylation is 1. The summed E-state index contributed by atoms with van der Waals surface area (Å²) >= 11 is 2.92. The minimum Gasteiger partial charge on any atom is -0.323 e. The van der Waals surface area contributed by atoms with Gasteiger partial charge in [0.15, 0.2) is 0 Å². The fourth-order valence-electron chi connectivity index (χ4n) is 3.13. The number of urea groups is 1. The Bertz CT molecular complexity index is 1180. The van der Waals surface area contributed by atoms with Gasteiger partial charge in [-0.3, -0.25) is 14.9 Å². The van der Waals surface area contributed by atoms with Gasteiger partial charge in [0.2, 0.25) is 0 Å². The number of carbonyl (C=O) groups excluding carboxylic acids is 3. The van der Waals surface area contributed by atoms with Crippen LogP contribution >= 0.6 is 23.1 Å². The largest absolute Gasteiger partial charge is 0.323 e. The molecule has 1 saturated heterocycles. The van der Waals surface area contributed by atoms with Crippen molar-refractivity contribution in [3.8, 4) is 11.3 Å². The third-order valence-electron chi connectivity index (χ3n) is 4.80. The van der Waals surface area contributed by atoms with E-state index in [0.29, 0.717) is 17.0 Å². The van der Waals surface area contributed by atoms with E-state index < -0.39 is 11.6 Å². The number of aromatic nitrogens is 1. The van der Waals surface area contributed by atoms with Gasteiger partial charge < -0.3 is 10.6 Å². The monoisotopic (exact) mass is 452 g/mol. The van der Waals surface area contributed by atoms with Crippen molar-refractivity contribution in [1.82, 2.24) is 15.6 Å². The highest BCUT2D eigenvalue weighted by molar-refractivity contribution is 7.99. The Morgan fingerprint density at radius 3 is 2.71 bits per heavy atom. The van der Waals surface area contributed by atoms with Gasteiger partial charge in [-0.25, -0.2) is 9.78 Å². The molecule has 2 heterocycles. The lowest BCUT2D eigenvalue weighted by Gasteiger charge is -2.20. The average molecular weight is 453 g/mol. The van der Waals surface area contributed by atoms with E-state index in [1.807, 2.05) is 48.7 Å². The zero-order chi connectivity index (χ0) is 22.0. The molecular formula is C22H20N4O3S2. The van der Waals surface area contributed by atoms with E-state index in [1.54, 1.807) is 30.4 Å². The van der Waals surface area contributed by atoms with Crippen LogP contribution in [-0.4, -0.2) is 34.1 Å². The molecule has 31 heavy (non-hydrogen) atoms. The van der Waals surface area contributed by atoms with E-state index in [0.717, 1.165) is 21.2 Å². The van der Waals surface area contributed by atoms with Gasteiger partial charge >= 0.3 is 6.03 Å². The summed E-state index contributed by atoms with van der Waals surface area (Å²) in [4.78, 5) is 41.7. The summed E-state index contributed by atoms with van der Waals surface area (Å²) in [5.41, 5.74) is 1.95. The van der Waals surface area contributed by atoms with Crippen molar-refractivity contribution in [1.29, 1.82) is 0 Å². The van der Waals surface area contributed by atoms with Gasteiger partial charge in [0.1, 0.15) is 5.54 Å². The number of thioether (sulfide) groups is 1. The van der Waals surface area contributed by atoms with Crippen molar-refractivity contribution in [2.24, 2.45) is 0 Å². The molecule has 1 aromatic heterocycles. The molecule has 1 unspecified atom stereocenters. The van der Waals surface area contributed by atoms with Gasteiger partial charge in [0, 0.05) is 27.3 Å². The minimum absolute atomic E-state index is 0.250. The zero-order valence-electron chi connectivity index (χ0n) is 16.9. The van der Waals surface area contributed by atoms with Crippen LogP contribution in [0.3, 0.4) is 0 Å². The number of imide groups is 1. The van der Waals surface area contributed by atoms with Crippen molar-refractivity contribution in [3.05, 3.63) is 64.5 Å². The molecule has 158 valence electrons. The van der Waals surface area contributed by atoms with Crippen molar-refractivity contribution < 1.29 is 14.4 Å². The second-order valence-electron chi connectivity index (χ2n) is 7.31. The summed E-state index contributed by atoms with van der Waals surface area (Å²) in [6.07, 6.45) is 0. The standard InChI is InChI=1S/C22H20N4O3S2/c1-13-23-17(11-30-13)14-6-5-7-15(10-14)24-19(27)16-8-3-4-9-18(16)31-12-22(2)20(28)25-21(29)26-22/h3-11H,12H2,1-2H3,(H,24,27)(H2,25,26,28,29). The van der Waals surface area contributed by atoms with Crippen molar-refractivity contribution in [2.45, 2.75) is 24.3 Å². The first-order chi connectivity index (χ1) is 14.8. The molecule has 7 nitrogen and oxygen atoms in total. The van der Waals surface area contributed by atoms with Gasteiger partial charge in [-0.2, -0.15) is 0 Å². The van der Waals surface area contributed by atoms with E-state index >= 15 is 0 Å². The maximum atomic E-state index is 13.0. The van der Waals surface area contributed by atoms with Crippen LogP contribution in [-0.2, 0) is 4.79 Å². The fraction of sp³-hybridized carbons (Fsp3) is 0.182. The summed E-state index contributed by atoms with van der Waals surface area (Å²) in [6.45, 7) is 3.62. The number of nitrogens with one attached hydrogen (secondary N) is 3. The minimum atomic E-state index is -1.02. The zero-order valence-corrected chi connectivity index (χ0v) is 18.5. The lowest BCUT2D eigenvalue weighted by molar-refractivity contribution is -0.122. The smallest absolute Gasteiger partial charge is 0.322 e. The Morgan fingerprint density at radius 1 is 1.19 bits per heavy atom. The number of hydrogen-bond acceptors (Lipinski definition) is 6. The molecule has 1 aliphatic rings. The molecule has 0 bridgehead atoms. The lowest BCUT2D eigenvalue weighted by atomic mass is 10.1. The van der Waals surface area contributed by atoms with Gasteiger partial charge in [-0.05, 0) is 38.1 Å². The van der Waals surface area contributed by atoms with Crippen LogP contribution in [0.25, 0.3) is 11.3 Å². The lowest BCUT2D eigenvalue weighted by Crippen LogP contribution is -2.46. The molecule has 4 rings (SSSR count). The van der Waals surface area contributed by atoms with Crippen LogP contribution in [0.4, 0.5) is 10.5 Å². The fourth-order valence-corrected chi connectivity index (χ4v) is 4.89. The van der Waals surface area contributed by atoms with Crippen LogP contribution in [0.5, 0.6) is 0 Å². The molecule has 0 aliphatic carbocycles. The number of hydrogen-bond donors (Lipinski definition) is 3. The number of carbonyl (C=O) groups is 3. The predicted octanol–water partition coefficient (Wildman–Crippen LogP) is 4.06. The number of amides is 4. The summed E-state index contributed by atoms with van der Waals surface area (Å²) in [7, 11) is 0. The molecule has 3 aromatic rings. The van der Waals surface area contributed by atoms with E-state index in [-0.39, 0.29) is 11.8 Å². The first-order valence-corrected chi connectivity index (χ1v) is 11.4. The van der Waals surface area contributed by atoms with Crippen LogP contribution in [0.2, 0.25) is 0 Å². The Morgan fingerprint density at radius 2 is 2.00 bits per heavy atom. The molecule has 2 aromatic carbocycles. The van der Waals surface area contributed by atoms with E-state index in [4.69, 9.17) is 0 Å². The van der Waals surface area contributed by atoms with E-state index in [9.17, 15) is 14.4 Å². The highest BCUT2D eigenvalue weighted by atomic mass is 32.2. The van der Waals surface area contributed by atoms with Crippen LogP contribution < -0.4 is 16.0 Å². The third kappa shape index (κ3) is 4.62. The Balaban J connectivity index is 1.50. The molecule has 0 spiro atoms. The number of nitrogens with zero attached hydrogens (tertiary/aromatic N) is 1. The quantitative estimate of drug-likeness (QED) is 0.387. The first kappa shape index (κ1) is 21.1. The number of thiazole rings is 1. The number of rotatable bonds is 6. The van der Waals surface area contributed by atoms with Crippen molar-refractivity contribution in [3.63, 3.8) is 0 Å². The van der Waals surface area contributed by atoms with Crippen LogP contribution in [0.1, 0.15) is 22.3 Å². The van der Waals surface area contributed by atoms with E-state index in [2.05, 4.69) is 20.9 Å². The average Bonchev–Trinajstić information content (AvgIpc) is 3.29. The molecule has 1 atom stereocenters. The summed E-state index contributed by atoms with van der Waals surface area (Å²) < 4.78 is 0. The highest BCUT2D eigenvalue weighted by Gasteiger charge is 2.41. The summed E-state index contributed by atoms with van der Waals surface area (Å²) in [5, 5.41) is 10.8. The molecule has 1 aliphatic heterocycles. The Hall–Kier alpha value is -3.17.